The zero-order chi connectivity index (χ0) is 25.4. The zero-order valence-corrected chi connectivity index (χ0v) is 18.6. The summed E-state index contributed by atoms with van der Waals surface area (Å²) in [5, 5.41) is 0. The number of hydrogen-bond acceptors (Lipinski definition) is 8. The maximum Gasteiger partial charge on any atom is 2.00 e. The maximum absolute atomic E-state index is 11.5. The van der Waals surface area contributed by atoms with E-state index in [-0.39, 0.29) is 34.1 Å². The quantitative estimate of drug-likeness (QED) is 0.323. The van der Waals surface area contributed by atoms with Crippen molar-refractivity contribution < 1.29 is 120 Å². The van der Waals surface area contributed by atoms with Gasteiger partial charge in [-0.15, -0.1) is 0 Å². The molecule has 2 N–H and O–H groups in total. The van der Waals surface area contributed by atoms with E-state index in [1.54, 1.807) is 0 Å². The predicted molar refractivity (Wildman–Crippen MR) is 66.2 cm³/mol. The minimum atomic E-state index is -6.60. The Morgan fingerprint density at radius 2 is 0.438 bits per heavy atom. The van der Waals surface area contributed by atoms with Crippen molar-refractivity contribution in [2.75, 3.05) is 0 Å². The molecule has 10 nitrogen and oxygen atoms in total. The minimum Gasteiger partial charge on any atom is -0.202 e. The number of hydrogen-bond donors (Lipinski definition) is 2. The van der Waals surface area contributed by atoms with E-state index in [0.717, 1.165) is 0 Å². The van der Waals surface area contributed by atoms with E-state index in [1.807, 2.05) is 0 Å². The van der Waals surface area contributed by atoms with Gasteiger partial charge in [-0.3, -0.25) is 0 Å². The van der Waals surface area contributed by atoms with Gasteiger partial charge in [0.1, 0.15) is 0 Å². The van der Waals surface area contributed by atoms with Crippen LogP contribution in [-0.2, 0) is 74.2 Å². The molecular formula is C4H2F12Fe2N2O8S4+4. The van der Waals surface area contributed by atoms with Gasteiger partial charge in [0.25, 0.3) is 0 Å². The van der Waals surface area contributed by atoms with Gasteiger partial charge in [0.15, 0.2) is 0 Å². The van der Waals surface area contributed by atoms with Crippen molar-refractivity contribution in [1.82, 2.24) is 8.25 Å². The van der Waals surface area contributed by atoms with E-state index >= 15 is 0 Å². The molecule has 0 bridgehead atoms. The molecule has 0 saturated heterocycles. The summed E-state index contributed by atoms with van der Waals surface area (Å²) in [7, 11) is -26.4. The fraction of sp³-hybridized carbons (Fsp3) is 1.00. The summed E-state index contributed by atoms with van der Waals surface area (Å²) in [6.45, 7) is 0. The van der Waals surface area contributed by atoms with Crippen molar-refractivity contribution in [2.24, 2.45) is 0 Å². The van der Waals surface area contributed by atoms with Crippen LogP contribution in [0.25, 0.3) is 0 Å². The monoisotopic (exact) mass is 674 g/mol. The van der Waals surface area contributed by atoms with E-state index in [4.69, 9.17) is 0 Å². The molecule has 0 aliphatic carbocycles. The van der Waals surface area contributed by atoms with Gasteiger partial charge < -0.3 is 0 Å². The molecule has 0 aromatic rings. The summed E-state index contributed by atoms with van der Waals surface area (Å²) >= 11 is 0. The smallest absolute Gasteiger partial charge is 0.202 e. The number of sulfonamides is 4. The molecule has 0 rings (SSSR count). The Morgan fingerprint density at radius 3 is 0.500 bits per heavy atom. The molecule has 0 atom stereocenters. The second kappa shape index (κ2) is 11.1. The van der Waals surface area contributed by atoms with Gasteiger partial charge in [-0.25, -0.2) is 33.7 Å². The zero-order valence-electron chi connectivity index (χ0n) is 13.1. The summed E-state index contributed by atoms with van der Waals surface area (Å²) in [4.78, 5) is 0. The van der Waals surface area contributed by atoms with Crippen LogP contribution in [0.4, 0.5) is 52.7 Å². The van der Waals surface area contributed by atoms with Crippen molar-refractivity contribution in [3.05, 3.63) is 0 Å². The third kappa shape index (κ3) is 10.9. The van der Waals surface area contributed by atoms with Crippen LogP contribution in [-0.4, -0.2) is 55.7 Å². The molecule has 0 amide bonds. The van der Waals surface area contributed by atoms with Gasteiger partial charge in [-0.1, -0.05) is 8.25 Å². The molecule has 0 aliphatic heterocycles. The number of rotatable bonds is 4. The second-order valence-corrected chi connectivity index (χ2v) is 11.2. The molecule has 0 saturated carbocycles. The Hall–Kier alpha value is -0.0810. The summed E-state index contributed by atoms with van der Waals surface area (Å²) in [6, 6.07) is 0. The molecule has 0 aromatic heterocycles. The van der Waals surface area contributed by atoms with Gasteiger partial charge in [-0.2, -0.15) is 52.7 Å². The Kier molecular flexibility index (Phi) is 13.6. The normalized spacial score (nSPS) is 14.4. The molecule has 0 spiro atoms. The average Bonchev–Trinajstić information content (AvgIpc) is 2.30. The SMILES string of the molecule is O=S(=O)(NS(=O)(=O)C(F)(F)F)C(F)(F)F.O=S(=O)(NS(=O)(=O)C(F)(F)F)C(F)(F)F.[Fe+2].[Fe+2]. The van der Waals surface area contributed by atoms with Crippen molar-refractivity contribution in [3.8, 4) is 0 Å². The summed E-state index contributed by atoms with van der Waals surface area (Å²) in [5.41, 5.74) is -24.6. The van der Waals surface area contributed by atoms with Crippen LogP contribution in [0.3, 0.4) is 0 Å². The van der Waals surface area contributed by atoms with Gasteiger partial charge in [0.2, 0.25) is 0 Å². The van der Waals surface area contributed by atoms with Crippen molar-refractivity contribution in [1.29, 1.82) is 0 Å². The fourth-order valence-electron chi connectivity index (χ4n) is 0.478. The Bertz CT molecular complexity index is 866. The minimum absolute atomic E-state index is 0. The van der Waals surface area contributed by atoms with Crippen LogP contribution in [0.15, 0.2) is 0 Å². The fourth-order valence-corrected chi connectivity index (χ4v) is 4.30. The van der Waals surface area contributed by atoms with Crippen molar-refractivity contribution in [3.63, 3.8) is 0 Å². The van der Waals surface area contributed by atoms with Crippen LogP contribution in [0.1, 0.15) is 0 Å². The topological polar surface area (TPSA) is 161 Å². The van der Waals surface area contributed by atoms with Gasteiger partial charge in [0, 0.05) is 0 Å². The Morgan fingerprint density at radius 1 is 0.344 bits per heavy atom. The van der Waals surface area contributed by atoms with Crippen LogP contribution in [0, 0.1) is 0 Å². The van der Waals surface area contributed by atoms with E-state index in [2.05, 4.69) is 0 Å². The van der Waals surface area contributed by atoms with Gasteiger partial charge >= 0.3 is 96.3 Å². The summed E-state index contributed by atoms with van der Waals surface area (Å²) in [5.74, 6) is 0. The summed E-state index contributed by atoms with van der Waals surface area (Å²) in [6.07, 6.45) is 0. The molecule has 0 unspecified atom stereocenters. The Labute approximate surface area is 190 Å². The number of alkyl halides is 12. The third-order valence-corrected chi connectivity index (χ3v) is 7.61. The molecule has 32 heavy (non-hydrogen) atoms. The van der Waals surface area contributed by atoms with E-state index in [9.17, 15) is 86.4 Å². The van der Waals surface area contributed by atoms with Crippen LogP contribution in [0.2, 0.25) is 0 Å². The molecule has 0 fully saturated rings. The third-order valence-electron chi connectivity index (χ3n) is 1.66. The molecular weight excluding hydrogens is 672 g/mol. The molecule has 28 heteroatoms. The first kappa shape index (κ1) is 39.1. The maximum atomic E-state index is 11.5. The van der Waals surface area contributed by atoms with E-state index in [1.165, 1.54) is 0 Å². The molecule has 0 aromatic carbocycles. The van der Waals surface area contributed by atoms with Gasteiger partial charge in [-0.05, 0) is 0 Å². The average molecular weight is 674 g/mol. The van der Waals surface area contributed by atoms with E-state index < -0.39 is 70.4 Å². The van der Waals surface area contributed by atoms with Crippen molar-refractivity contribution in [2.45, 2.75) is 22.0 Å². The molecule has 0 radical (unpaired) electrons. The first-order valence-corrected chi connectivity index (χ1v) is 11.2. The molecule has 0 heterocycles. The largest absolute Gasteiger partial charge is 2.00 e. The first-order chi connectivity index (χ1) is 12.4. The standard InChI is InChI=1S/2C2HF6NO4S2.2Fe/c2*3-1(4,5)14(10,11)9-15(12,13)2(6,7)8;;/h2*9H;;/q;;2*+2. The second-order valence-electron chi connectivity index (χ2n) is 3.96. The van der Waals surface area contributed by atoms with Crippen LogP contribution in [0.5, 0.6) is 0 Å². The van der Waals surface area contributed by atoms with Crippen LogP contribution >= 0.6 is 0 Å². The van der Waals surface area contributed by atoms with E-state index in [0.29, 0.717) is 0 Å². The Balaban J connectivity index is -0.000000231. The van der Waals surface area contributed by atoms with Crippen LogP contribution < -0.4 is 8.25 Å². The molecule has 0 aliphatic rings. The predicted octanol–water partition coefficient (Wildman–Crippen LogP) is 0.545. The first-order valence-electron chi connectivity index (χ1n) is 5.23. The summed E-state index contributed by atoms with van der Waals surface area (Å²) < 4.78 is 217. The number of halogens is 12. The van der Waals surface area contributed by atoms with Crippen molar-refractivity contribution >= 4 is 40.1 Å². The van der Waals surface area contributed by atoms with Gasteiger partial charge in [0.05, 0.1) is 0 Å². The number of nitrogens with one attached hydrogen (secondary N) is 2. The molecule has 196 valence electrons.